The number of benzene rings is 3. The molecule has 5 nitrogen and oxygen atoms in total. The molecule has 0 bridgehead atoms. The van der Waals surface area contributed by atoms with Crippen molar-refractivity contribution < 1.29 is 14.3 Å². The van der Waals surface area contributed by atoms with E-state index in [1.54, 1.807) is 0 Å². The van der Waals surface area contributed by atoms with Gasteiger partial charge in [0.1, 0.15) is 6.61 Å². The van der Waals surface area contributed by atoms with Gasteiger partial charge in [0, 0.05) is 43.9 Å². The predicted octanol–water partition coefficient (Wildman–Crippen LogP) is 8.57. The van der Waals surface area contributed by atoms with Crippen LogP contribution in [-0.4, -0.2) is 44.9 Å². The van der Waals surface area contributed by atoms with Crippen LogP contribution < -0.4 is 0 Å². The minimum Gasteiger partial charge on any atom is -0.461 e. The summed E-state index contributed by atoms with van der Waals surface area (Å²) in [6.45, 7) is 1.49. The maximum atomic E-state index is 13.8. The van der Waals surface area contributed by atoms with Gasteiger partial charge in [0.05, 0.1) is 12.1 Å². The van der Waals surface area contributed by atoms with Crippen LogP contribution in [0.5, 0.6) is 0 Å². The van der Waals surface area contributed by atoms with Crippen LogP contribution in [0.15, 0.2) is 86.2 Å². The monoisotopic (exact) mass is 748 g/mol. The number of ether oxygens (including phenoxy) is 1. The SMILES string of the molecule is O=C(CCCC[C@@H]1SCC2C1N(Cc1cccc(Br)c1)C(=O)N2Cc1cccc(Br)c1)OCc1cccc(Br)c1. The molecule has 2 aliphatic rings. The van der Waals surface area contributed by atoms with Crippen molar-refractivity contribution in [2.24, 2.45) is 0 Å². The van der Waals surface area contributed by atoms with Gasteiger partial charge in [0.2, 0.25) is 0 Å². The standard InChI is InChI=1S/C31H31Br3N2O3S/c32-24-9-3-6-21(14-24)17-35-27-20-40-28(30(27)36(31(35)38)18-22-7-4-10-25(33)15-22)12-1-2-13-29(37)39-19-23-8-5-11-26(34)16-23/h3-11,14-16,27-28,30H,1-2,12-13,17-20H2/t27?,28-,30?/m0/s1. The number of amides is 2. The molecular weight excluding hydrogens is 720 g/mol. The first kappa shape index (κ1) is 29.7. The van der Waals surface area contributed by atoms with Gasteiger partial charge < -0.3 is 14.5 Å². The van der Waals surface area contributed by atoms with Gasteiger partial charge in [-0.1, -0.05) is 90.6 Å². The summed E-state index contributed by atoms with van der Waals surface area (Å²) < 4.78 is 8.49. The minimum atomic E-state index is -0.163. The van der Waals surface area contributed by atoms with Gasteiger partial charge in [0.25, 0.3) is 0 Å². The van der Waals surface area contributed by atoms with Crippen molar-refractivity contribution in [2.45, 2.75) is 62.7 Å². The van der Waals surface area contributed by atoms with Crippen molar-refractivity contribution >= 4 is 71.6 Å². The summed E-state index contributed by atoms with van der Waals surface area (Å²) in [5, 5.41) is 0.339. The number of halogens is 3. The Labute approximate surface area is 265 Å². The zero-order valence-corrected chi connectivity index (χ0v) is 27.6. The van der Waals surface area contributed by atoms with Crippen molar-refractivity contribution in [3.05, 3.63) is 103 Å². The maximum Gasteiger partial charge on any atom is 0.321 e. The molecule has 0 aliphatic carbocycles. The number of urea groups is 1. The number of nitrogens with zero attached hydrogens (tertiary/aromatic N) is 2. The highest BCUT2D eigenvalue weighted by Gasteiger charge is 2.52. The highest BCUT2D eigenvalue weighted by molar-refractivity contribution is 9.11. The number of carbonyl (C=O) groups excluding carboxylic acids is 2. The predicted molar refractivity (Wildman–Crippen MR) is 171 cm³/mol. The average Bonchev–Trinajstić information content (AvgIpc) is 3.44. The summed E-state index contributed by atoms with van der Waals surface area (Å²) in [6.07, 6.45) is 3.09. The first-order valence-electron chi connectivity index (χ1n) is 13.4. The van der Waals surface area contributed by atoms with Crippen molar-refractivity contribution in [1.29, 1.82) is 0 Å². The Bertz CT molecular complexity index is 1360. The van der Waals surface area contributed by atoms with Crippen LogP contribution in [-0.2, 0) is 29.2 Å². The fraction of sp³-hybridized carbons (Fsp3) is 0.355. The lowest BCUT2D eigenvalue weighted by Gasteiger charge is -2.27. The van der Waals surface area contributed by atoms with Crippen LogP contribution in [0.25, 0.3) is 0 Å². The molecule has 2 fully saturated rings. The molecule has 9 heteroatoms. The van der Waals surface area contributed by atoms with E-state index >= 15 is 0 Å². The second-order valence-electron chi connectivity index (χ2n) is 10.3. The summed E-state index contributed by atoms with van der Waals surface area (Å²) in [5.74, 6) is 0.767. The third-order valence-corrected chi connectivity index (χ3v) is 10.4. The number of unbranched alkanes of at least 4 members (excludes halogenated alkanes) is 1. The number of esters is 1. The Morgan fingerprint density at radius 1 is 0.825 bits per heavy atom. The zero-order chi connectivity index (χ0) is 28.1. The van der Waals surface area contributed by atoms with Gasteiger partial charge >= 0.3 is 12.0 Å². The van der Waals surface area contributed by atoms with Gasteiger partial charge in [-0.3, -0.25) is 4.79 Å². The fourth-order valence-electron chi connectivity index (χ4n) is 5.54. The third-order valence-electron chi connectivity index (χ3n) is 7.40. The molecule has 0 radical (unpaired) electrons. The Morgan fingerprint density at radius 3 is 2.02 bits per heavy atom. The Kier molecular flexibility index (Phi) is 10.3. The molecule has 5 rings (SSSR count). The molecule has 2 amide bonds. The molecule has 2 unspecified atom stereocenters. The van der Waals surface area contributed by atoms with E-state index in [1.165, 1.54) is 0 Å². The van der Waals surface area contributed by atoms with E-state index in [1.807, 2.05) is 60.3 Å². The van der Waals surface area contributed by atoms with E-state index in [-0.39, 0.29) is 24.1 Å². The molecule has 3 aromatic rings. The first-order chi connectivity index (χ1) is 19.4. The van der Waals surface area contributed by atoms with Gasteiger partial charge in [-0.05, 0) is 65.9 Å². The number of hydrogen-bond acceptors (Lipinski definition) is 4. The Morgan fingerprint density at radius 2 is 1.40 bits per heavy atom. The van der Waals surface area contributed by atoms with Crippen LogP contribution in [0, 0.1) is 0 Å². The van der Waals surface area contributed by atoms with E-state index in [9.17, 15) is 9.59 Å². The molecule has 210 valence electrons. The molecule has 0 spiro atoms. The number of hydrogen-bond donors (Lipinski definition) is 0. The first-order valence-corrected chi connectivity index (χ1v) is 16.9. The molecule has 2 saturated heterocycles. The van der Waals surface area contributed by atoms with Crippen LogP contribution in [0.4, 0.5) is 4.79 Å². The number of fused-ring (bicyclic) bond motifs is 1. The Hall–Kier alpha value is -1.81. The number of thioether (sulfide) groups is 1. The summed E-state index contributed by atoms with van der Waals surface area (Å²) in [5.41, 5.74) is 3.22. The van der Waals surface area contributed by atoms with Crippen LogP contribution in [0.3, 0.4) is 0 Å². The van der Waals surface area contributed by atoms with Crippen LogP contribution in [0.2, 0.25) is 0 Å². The number of carbonyl (C=O) groups is 2. The van der Waals surface area contributed by atoms with E-state index in [4.69, 9.17) is 4.74 Å². The number of rotatable bonds is 11. The lowest BCUT2D eigenvalue weighted by Crippen LogP contribution is -2.40. The third kappa shape index (κ3) is 7.52. The zero-order valence-electron chi connectivity index (χ0n) is 22.0. The fourth-order valence-corrected chi connectivity index (χ4v) is 8.56. The van der Waals surface area contributed by atoms with Crippen molar-refractivity contribution in [3.8, 4) is 0 Å². The quantitative estimate of drug-likeness (QED) is 0.112. The van der Waals surface area contributed by atoms with Crippen LogP contribution in [0.1, 0.15) is 42.4 Å². The van der Waals surface area contributed by atoms with E-state index in [0.717, 1.165) is 55.1 Å². The summed E-state index contributed by atoms with van der Waals surface area (Å²) in [7, 11) is 0. The van der Waals surface area contributed by atoms with Gasteiger partial charge in [-0.25, -0.2) is 4.79 Å². The highest BCUT2D eigenvalue weighted by Crippen LogP contribution is 2.43. The van der Waals surface area contributed by atoms with E-state index in [2.05, 4.69) is 81.9 Å². The summed E-state index contributed by atoms with van der Waals surface area (Å²) in [6, 6.07) is 24.6. The second-order valence-corrected chi connectivity index (χ2v) is 14.3. The van der Waals surface area contributed by atoms with E-state index in [0.29, 0.717) is 31.4 Å². The van der Waals surface area contributed by atoms with Gasteiger partial charge in [-0.15, -0.1) is 0 Å². The molecule has 0 N–H and O–H groups in total. The maximum absolute atomic E-state index is 13.8. The molecule has 0 saturated carbocycles. The smallest absolute Gasteiger partial charge is 0.321 e. The highest BCUT2D eigenvalue weighted by atomic mass is 79.9. The van der Waals surface area contributed by atoms with Crippen LogP contribution >= 0.6 is 59.6 Å². The van der Waals surface area contributed by atoms with Crippen molar-refractivity contribution in [1.82, 2.24) is 9.80 Å². The van der Waals surface area contributed by atoms with E-state index < -0.39 is 0 Å². The second kappa shape index (κ2) is 13.9. The molecular formula is C31H31Br3N2O3S. The van der Waals surface area contributed by atoms with Crippen molar-refractivity contribution in [2.75, 3.05) is 5.75 Å². The topological polar surface area (TPSA) is 49.9 Å². The minimum absolute atomic E-state index is 0.108. The van der Waals surface area contributed by atoms with Gasteiger partial charge in [0.15, 0.2) is 0 Å². The molecule has 40 heavy (non-hydrogen) atoms. The lowest BCUT2D eigenvalue weighted by atomic mass is 10.0. The molecule has 3 aromatic carbocycles. The van der Waals surface area contributed by atoms with Gasteiger partial charge in [-0.2, -0.15) is 11.8 Å². The van der Waals surface area contributed by atoms with Crippen molar-refractivity contribution in [3.63, 3.8) is 0 Å². The molecule has 3 atom stereocenters. The average molecular weight is 751 g/mol. The summed E-state index contributed by atoms with van der Waals surface area (Å²) >= 11 is 12.6. The largest absolute Gasteiger partial charge is 0.461 e. The normalized spacial score (nSPS) is 20.2. The molecule has 2 heterocycles. The summed E-state index contributed by atoms with van der Waals surface area (Å²) in [4.78, 5) is 30.3. The molecule has 0 aromatic heterocycles. The lowest BCUT2D eigenvalue weighted by molar-refractivity contribution is -0.145. The molecule has 2 aliphatic heterocycles. The Balaban J connectivity index is 1.20.